The molecule has 4 aliphatic carbocycles. The maximum atomic E-state index is 11.7. The van der Waals surface area contributed by atoms with Crippen molar-refractivity contribution in [1.29, 1.82) is 0 Å². The van der Waals surface area contributed by atoms with E-state index in [1.54, 1.807) is 0 Å². The molecular weight excluding hydrogens is 523 g/mol. The van der Waals surface area contributed by atoms with Crippen LogP contribution in [0.4, 0.5) is 0 Å². The fourth-order valence-corrected chi connectivity index (χ4v) is 9.80. The van der Waals surface area contributed by atoms with Crippen LogP contribution in [-0.4, -0.2) is 76.1 Å². The molecule has 0 spiro atoms. The van der Waals surface area contributed by atoms with E-state index in [0.717, 1.165) is 32.1 Å². The maximum Gasteiger partial charge on any atom is 1.00 e. The molecule has 0 radical (unpaired) electrons. The Morgan fingerprint density at radius 1 is 1.03 bits per heavy atom. The van der Waals surface area contributed by atoms with Crippen molar-refractivity contribution in [3.05, 3.63) is 0 Å². The van der Waals surface area contributed by atoms with Gasteiger partial charge in [0.25, 0.3) is 0 Å². The molecule has 0 bridgehead atoms. The van der Waals surface area contributed by atoms with E-state index in [1.165, 1.54) is 0 Å². The number of aliphatic hydroxyl groups is 5. The van der Waals surface area contributed by atoms with E-state index in [1.807, 2.05) is 0 Å². The van der Waals surface area contributed by atoms with Gasteiger partial charge in [-0.25, -0.2) is 8.42 Å². The van der Waals surface area contributed by atoms with Crippen LogP contribution in [0.3, 0.4) is 0 Å². The number of fused-ring (bicyclic) bond motifs is 5. The number of hydrogen-bond donors (Lipinski definition) is 5. The summed E-state index contributed by atoms with van der Waals surface area (Å²) in [5, 5.41) is 53.4. The van der Waals surface area contributed by atoms with Gasteiger partial charge in [0.1, 0.15) is 0 Å². The zero-order valence-electron chi connectivity index (χ0n) is 23.4. The fraction of sp³-hybridized carbons (Fsp3) is 1.00. The van der Waals surface area contributed by atoms with Crippen molar-refractivity contribution in [1.82, 2.24) is 0 Å². The van der Waals surface area contributed by atoms with E-state index < -0.39 is 47.8 Å². The fourth-order valence-electron chi connectivity index (χ4n) is 9.46. The average Bonchev–Trinajstić information content (AvgIpc) is 3.17. The van der Waals surface area contributed by atoms with Gasteiger partial charge in [-0.2, -0.15) is 0 Å². The van der Waals surface area contributed by atoms with Crippen molar-refractivity contribution in [2.24, 2.45) is 52.3 Å². The van der Waals surface area contributed by atoms with Crippen LogP contribution in [-0.2, 0) is 14.6 Å². The molecule has 5 N–H and O–H groups in total. The second-order valence-corrected chi connectivity index (χ2v) is 14.3. The first-order valence-electron chi connectivity index (χ1n) is 14.2. The molecule has 4 saturated carbocycles. The Morgan fingerprint density at radius 3 is 2.34 bits per heavy atom. The van der Waals surface area contributed by atoms with Crippen LogP contribution in [0.25, 0.3) is 0 Å². The van der Waals surface area contributed by atoms with Crippen LogP contribution < -0.4 is 29.6 Å². The molecule has 38 heavy (non-hydrogen) atoms. The first kappa shape index (κ1) is 33.2. The smallest absolute Gasteiger partial charge is 0.726 e. The Morgan fingerprint density at radius 2 is 1.71 bits per heavy atom. The van der Waals surface area contributed by atoms with Gasteiger partial charge in [0.05, 0.1) is 37.6 Å². The van der Waals surface area contributed by atoms with E-state index >= 15 is 0 Å². The van der Waals surface area contributed by atoms with E-state index in [-0.39, 0.29) is 82.0 Å². The van der Waals surface area contributed by atoms with Crippen LogP contribution in [0.2, 0.25) is 0 Å². The van der Waals surface area contributed by atoms with Gasteiger partial charge in [0, 0.05) is 5.92 Å². The Balaban J connectivity index is 0.00000400. The van der Waals surface area contributed by atoms with E-state index in [2.05, 4.69) is 25.0 Å². The number of hydrogen-bond acceptors (Lipinski definition) is 9. The van der Waals surface area contributed by atoms with Crippen molar-refractivity contribution >= 4 is 10.4 Å². The Labute approximate surface area is 250 Å². The van der Waals surface area contributed by atoms with Crippen molar-refractivity contribution in [2.75, 3.05) is 13.2 Å². The Kier molecular flexibility index (Phi) is 10.9. The summed E-state index contributed by atoms with van der Waals surface area (Å²) >= 11 is 0. The molecule has 0 amide bonds. The normalized spacial score (nSPS) is 45.2. The molecule has 0 aromatic heterocycles. The monoisotopic (exact) mass is 570 g/mol. The van der Waals surface area contributed by atoms with Gasteiger partial charge in [-0.05, 0) is 104 Å². The third kappa shape index (κ3) is 6.21. The molecule has 216 valence electrons. The molecule has 5 unspecified atom stereocenters. The largest absolute Gasteiger partial charge is 1.00 e. The van der Waals surface area contributed by atoms with Crippen molar-refractivity contribution in [3.63, 3.8) is 0 Å². The minimum absolute atomic E-state index is 0. The van der Waals surface area contributed by atoms with Crippen molar-refractivity contribution in [2.45, 2.75) is 103 Å². The van der Waals surface area contributed by atoms with Gasteiger partial charge >= 0.3 is 29.6 Å². The summed E-state index contributed by atoms with van der Waals surface area (Å²) in [6, 6.07) is 0. The third-order valence-electron chi connectivity index (χ3n) is 11.6. The quantitative estimate of drug-likeness (QED) is 0.130. The standard InChI is InChI=1S/C27H48O9S.Na/c1-15(4-7-22(30)16(13-28)14-36-37(33,34)35)19-5-6-20-25-21(12-24(32)27(19,20)3)26(2)9-8-18(29)10-17(26)11-23(25)31;/h15-25,28-32H,4-14H2,1-3H3,(H,33,34,35);/q;+1/p-1/t15-,16-,17?,18-,19?,20?,21?,22-,23-,24+,25?,26+,27-;/m1./s1. The van der Waals surface area contributed by atoms with Gasteiger partial charge < -0.3 is 30.1 Å². The van der Waals surface area contributed by atoms with Gasteiger partial charge in [0.2, 0.25) is 10.4 Å². The van der Waals surface area contributed by atoms with Gasteiger partial charge in [-0.1, -0.05) is 20.8 Å². The molecular formula is C27H47NaO9S. The molecule has 11 heteroatoms. The van der Waals surface area contributed by atoms with Gasteiger partial charge in [-0.3, -0.25) is 4.18 Å². The SMILES string of the molecule is C[C@H](CC[C@@H](O)[C@H](CO)COS(=O)(=O)[O-])C1CCC2C3C(C[C@H](O)[C@@]21C)[C@@]1(C)CC[C@@H](O)CC1C[C@H]3O.[Na+]. The minimum atomic E-state index is -4.90. The molecule has 4 fully saturated rings. The predicted molar refractivity (Wildman–Crippen MR) is 135 cm³/mol. The summed E-state index contributed by atoms with van der Waals surface area (Å²) in [7, 11) is -4.90. The molecule has 0 heterocycles. The second-order valence-electron chi connectivity index (χ2n) is 13.3. The van der Waals surface area contributed by atoms with Crippen LogP contribution in [0, 0.1) is 52.3 Å². The van der Waals surface area contributed by atoms with Crippen LogP contribution in [0.5, 0.6) is 0 Å². The average molecular weight is 571 g/mol. The second kappa shape index (κ2) is 12.5. The number of rotatable bonds is 9. The molecule has 0 saturated heterocycles. The Bertz CT molecular complexity index is 905. The first-order chi connectivity index (χ1) is 17.2. The molecule has 13 atom stereocenters. The summed E-state index contributed by atoms with van der Waals surface area (Å²) in [4.78, 5) is 0. The van der Waals surface area contributed by atoms with E-state index in [0.29, 0.717) is 25.7 Å². The van der Waals surface area contributed by atoms with Crippen molar-refractivity contribution < 1.29 is 72.2 Å². The van der Waals surface area contributed by atoms with Crippen LogP contribution in [0.15, 0.2) is 0 Å². The van der Waals surface area contributed by atoms with Crippen LogP contribution >= 0.6 is 0 Å². The Hall–Kier alpha value is 0.670. The van der Waals surface area contributed by atoms with E-state index in [9.17, 15) is 38.5 Å². The van der Waals surface area contributed by atoms with Crippen LogP contribution in [0.1, 0.15) is 78.6 Å². The third-order valence-corrected chi connectivity index (χ3v) is 12.1. The maximum absolute atomic E-state index is 11.7. The molecule has 4 rings (SSSR count). The van der Waals surface area contributed by atoms with Gasteiger partial charge in [0.15, 0.2) is 0 Å². The van der Waals surface area contributed by atoms with E-state index in [4.69, 9.17) is 0 Å². The first-order valence-corrected chi connectivity index (χ1v) is 15.5. The zero-order chi connectivity index (χ0) is 27.3. The predicted octanol–water partition coefficient (Wildman–Crippen LogP) is -1.19. The topological polar surface area (TPSA) is 168 Å². The molecule has 0 aromatic carbocycles. The minimum Gasteiger partial charge on any atom is -0.726 e. The summed E-state index contributed by atoms with van der Waals surface area (Å²) < 4.78 is 36.5. The summed E-state index contributed by atoms with van der Waals surface area (Å²) in [5.74, 6) is 0.355. The molecule has 9 nitrogen and oxygen atoms in total. The number of aliphatic hydroxyl groups excluding tert-OH is 5. The molecule has 0 aromatic rings. The summed E-state index contributed by atoms with van der Waals surface area (Å²) in [5.41, 5.74) is -0.321. The summed E-state index contributed by atoms with van der Waals surface area (Å²) in [6.45, 7) is 5.56. The zero-order valence-corrected chi connectivity index (χ0v) is 26.2. The molecule has 4 aliphatic rings. The van der Waals surface area contributed by atoms with Gasteiger partial charge in [-0.15, -0.1) is 0 Å². The van der Waals surface area contributed by atoms with Crippen molar-refractivity contribution in [3.8, 4) is 0 Å². The molecule has 0 aliphatic heterocycles. The summed E-state index contributed by atoms with van der Waals surface area (Å²) in [6.07, 6.45) is 4.42.